The fourth-order valence-corrected chi connectivity index (χ4v) is 1.29. The fourth-order valence-electron chi connectivity index (χ4n) is 1.29. The average molecular weight is 151 g/mol. The van der Waals surface area contributed by atoms with E-state index in [1.807, 2.05) is 0 Å². The van der Waals surface area contributed by atoms with E-state index in [1.165, 1.54) is 0 Å². The van der Waals surface area contributed by atoms with Crippen LogP contribution in [0.1, 0.15) is 27.7 Å². The SMILES string of the molecule is BC(C(C)C)C(C#N)C(C)C. The second-order valence-electron chi connectivity index (χ2n) is 4.00. The van der Waals surface area contributed by atoms with E-state index >= 15 is 0 Å². The predicted molar refractivity (Wildman–Crippen MR) is 51.1 cm³/mol. The van der Waals surface area contributed by atoms with Crippen LogP contribution in [0.4, 0.5) is 0 Å². The molecule has 0 saturated heterocycles. The van der Waals surface area contributed by atoms with E-state index in [1.54, 1.807) is 0 Å². The van der Waals surface area contributed by atoms with Gasteiger partial charge in [0.05, 0.1) is 6.07 Å². The van der Waals surface area contributed by atoms with Gasteiger partial charge in [0.15, 0.2) is 0 Å². The lowest BCUT2D eigenvalue weighted by molar-refractivity contribution is 0.389. The van der Waals surface area contributed by atoms with Gasteiger partial charge in [0.1, 0.15) is 7.85 Å². The highest BCUT2D eigenvalue weighted by Crippen LogP contribution is 2.28. The maximum Gasteiger partial charge on any atom is 0.107 e. The van der Waals surface area contributed by atoms with Crippen molar-refractivity contribution in [2.75, 3.05) is 0 Å². The molecule has 0 aliphatic carbocycles. The molecule has 0 aromatic rings. The van der Waals surface area contributed by atoms with E-state index < -0.39 is 0 Å². The van der Waals surface area contributed by atoms with Crippen molar-refractivity contribution in [2.24, 2.45) is 17.8 Å². The molecule has 1 nitrogen and oxygen atoms in total. The Morgan fingerprint density at radius 1 is 1.09 bits per heavy atom. The summed E-state index contributed by atoms with van der Waals surface area (Å²) in [5, 5.41) is 8.87. The van der Waals surface area contributed by atoms with Crippen molar-refractivity contribution in [3.05, 3.63) is 0 Å². The Bertz CT molecular complexity index is 146. The predicted octanol–water partition coefficient (Wildman–Crippen LogP) is 1.86. The van der Waals surface area contributed by atoms with Crippen LogP contribution >= 0.6 is 0 Å². The largest absolute Gasteiger partial charge is 0.198 e. The van der Waals surface area contributed by atoms with Crippen LogP contribution in [0.5, 0.6) is 0 Å². The second kappa shape index (κ2) is 4.44. The van der Waals surface area contributed by atoms with Crippen LogP contribution in [-0.2, 0) is 0 Å². The molecule has 11 heavy (non-hydrogen) atoms. The van der Waals surface area contributed by atoms with E-state index in [9.17, 15) is 0 Å². The highest BCUT2D eigenvalue weighted by molar-refractivity contribution is 6.12. The molecule has 0 rings (SSSR count). The van der Waals surface area contributed by atoms with Gasteiger partial charge >= 0.3 is 0 Å². The molecule has 0 fully saturated rings. The van der Waals surface area contributed by atoms with Gasteiger partial charge in [0, 0.05) is 5.92 Å². The number of hydrogen-bond acceptors (Lipinski definition) is 1. The van der Waals surface area contributed by atoms with Crippen molar-refractivity contribution in [3.63, 3.8) is 0 Å². The van der Waals surface area contributed by atoms with Gasteiger partial charge in [0.25, 0.3) is 0 Å². The monoisotopic (exact) mass is 151 g/mol. The van der Waals surface area contributed by atoms with Crippen LogP contribution in [0, 0.1) is 29.1 Å². The normalized spacial score (nSPS) is 16.5. The Kier molecular flexibility index (Phi) is 4.26. The fraction of sp³-hybridized carbons (Fsp3) is 0.889. The molecule has 0 aromatic carbocycles. The first-order valence-electron chi connectivity index (χ1n) is 4.40. The van der Waals surface area contributed by atoms with E-state index in [0.717, 1.165) is 0 Å². The Hall–Kier alpha value is -0.445. The summed E-state index contributed by atoms with van der Waals surface area (Å²) in [6, 6.07) is 2.38. The third-order valence-corrected chi connectivity index (χ3v) is 2.49. The summed E-state index contributed by atoms with van der Waals surface area (Å²) < 4.78 is 0. The summed E-state index contributed by atoms with van der Waals surface area (Å²) in [7, 11) is 2.17. The second-order valence-corrected chi connectivity index (χ2v) is 4.00. The first-order valence-corrected chi connectivity index (χ1v) is 4.40. The number of hydrogen-bond donors (Lipinski definition) is 0. The van der Waals surface area contributed by atoms with E-state index in [4.69, 9.17) is 5.26 Å². The summed E-state index contributed by atoms with van der Waals surface area (Å²) in [5.74, 6) is 1.83. The minimum Gasteiger partial charge on any atom is -0.198 e. The van der Waals surface area contributed by atoms with Gasteiger partial charge in [-0.3, -0.25) is 0 Å². The zero-order valence-electron chi connectivity index (χ0n) is 8.26. The molecule has 0 bridgehead atoms. The van der Waals surface area contributed by atoms with E-state index in [0.29, 0.717) is 17.7 Å². The highest BCUT2D eigenvalue weighted by Gasteiger charge is 2.22. The molecule has 0 aliphatic rings. The molecule has 2 atom stereocenters. The van der Waals surface area contributed by atoms with Crippen LogP contribution in [-0.4, -0.2) is 7.85 Å². The third kappa shape index (κ3) is 2.97. The van der Waals surface area contributed by atoms with E-state index in [2.05, 4.69) is 41.6 Å². The summed E-state index contributed by atoms with van der Waals surface area (Å²) in [5.41, 5.74) is 0. The standard InChI is InChI=1S/C9H18BN/c1-6(2)8(5-11)9(10)7(3)4/h6-9H,10H2,1-4H3. The van der Waals surface area contributed by atoms with Gasteiger partial charge in [-0.25, -0.2) is 0 Å². The lowest BCUT2D eigenvalue weighted by atomic mass is 9.66. The van der Waals surface area contributed by atoms with Crippen molar-refractivity contribution < 1.29 is 0 Å². The molecule has 0 saturated carbocycles. The van der Waals surface area contributed by atoms with E-state index in [-0.39, 0.29) is 5.92 Å². The first-order chi connectivity index (χ1) is 5.00. The molecule has 0 N–H and O–H groups in total. The Balaban J connectivity index is 4.17. The van der Waals surface area contributed by atoms with Crippen LogP contribution in [0.15, 0.2) is 0 Å². The van der Waals surface area contributed by atoms with Gasteiger partial charge < -0.3 is 0 Å². The quantitative estimate of drug-likeness (QED) is 0.564. The molecule has 2 unspecified atom stereocenters. The van der Waals surface area contributed by atoms with Crippen molar-refractivity contribution in [2.45, 2.75) is 33.5 Å². The van der Waals surface area contributed by atoms with Crippen molar-refractivity contribution in [3.8, 4) is 6.07 Å². The zero-order chi connectivity index (χ0) is 9.02. The van der Waals surface area contributed by atoms with Crippen LogP contribution in [0.3, 0.4) is 0 Å². The summed E-state index contributed by atoms with van der Waals surface area (Å²) in [6.45, 7) is 8.59. The third-order valence-electron chi connectivity index (χ3n) is 2.49. The first kappa shape index (κ1) is 10.6. The molecule has 0 amide bonds. The molecule has 0 radical (unpaired) electrons. The highest BCUT2D eigenvalue weighted by atomic mass is 14.3. The molecule has 2 heteroatoms. The Morgan fingerprint density at radius 2 is 1.55 bits per heavy atom. The molecule has 0 spiro atoms. The number of nitriles is 1. The van der Waals surface area contributed by atoms with Crippen LogP contribution in [0.25, 0.3) is 0 Å². The summed E-state index contributed by atoms with van der Waals surface area (Å²) in [6.07, 6.45) is 0. The van der Waals surface area contributed by atoms with Crippen LogP contribution in [0.2, 0.25) is 5.82 Å². The molecule has 62 valence electrons. The minimum atomic E-state index is 0.218. The van der Waals surface area contributed by atoms with Crippen molar-refractivity contribution in [1.29, 1.82) is 5.26 Å². The summed E-state index contributed by atoms with van der Waals surface area (Å²) in [4.78, 5) is 0. The minimum absolute atomic E-state index is 0.218. The number of nitrogens with zero attached hydrogens (tertiary/aromatic N) is 1. The van der Waals surface area contributed by atoms with Gasteiger partial charge in [-0.1, -0.05) is 39.4 Å². The lowest BCUT2D eigenvalue weighted by Crippen LogP contribution is -2.18. The van der Waals surface area contributed by atoms with Gasteiger partial charge in [-0.2, -0.15) is 5.26 Å². The maximum atomic E-state index is 8.87. The number of rotatable bonds is 3. The topological polar surface area (TPSA) is 23.8 Å². The Labute approximate surface area is 71.2 Å². The molecule has 0 aliphatic heterocycles. The smallest absolute Gasteiger partial charge is 0.107 e. The van der Waals surface area contributed by atoms with Crippen LogP contribution < -0.4 is 0 Å². The molecular weight excluding hydrogens is 133 g/mol. The lowest BCUT2D eigenvalue weighted by Gasteiger charge is -2.23. The van der Waals surface area contributed by atoms with Crippen molar-refractivity contribution in [1.82, 2.24) is 0 Å². The summed E-state index contributed by atoms with van der Waals surface area (Å²) >= 11 is 0. The average Bonchev–Trinajstić information content (AvgIpc) is 1.88. The molecular formula is C9H18BN. The van der Waals surface area contributed by atoms with Crippen molar-refractivity contribution >= 4 is 7.85 Å². The Morgan fingerprint density at radius 3 is 1.64 bits per heavy atom. The van der Waals surface area contributed by atoms with Gasteiger partial charge in [0.2, 0.25) is 0 Å². The van der Waals surface area contributed by atoms with Gasteiger partial charge in [-0.15, -0.1) is 0 Å². The maximum absolute atomic E-state index is 8.87. The molecule has 0 heterocycles. The van der Waals surface area contributed by atoms with Gasteiger partial charge in [-0.05, 0) is 5.92 Å². The molecule has 0 aromatic heterocycles. The zero-order valence-corrected chi connectivity index (χ0v) is 8.26.